The minimum Gasteiger partial charge on any atom is -0.336 e. The molecule has 0 radical (unpaired) electrons. The van der Waals surface area contributed by atoms with Crippen LogP contribution < -0.4 is 4.90 Å². The summed E-state index contributed by atoms with van der Waals surface area (Å²) in [6, 6.07) is 5.06. The van der Waals surface area contributed by atoms with Crippen molar-refractivity contribution in [1.29, 1.82) is 0 Å². The lowest BCUT2D eigenvalue weighted by molar-refractivity contribution is 0.245. The maximum absolute atomic E-state index is 13.0. The quantitative estimate of drug-likeness (QED) is 0.865. The van der Waals surface area contributed by atoms with Crippen LogP contribution >= 0.6 is 0 Å². The largest absolute Gasteiger partial charge is 0.336 e. The van der Waals surface area contributed by atoms with Crippen LogP contribution in [0.4, 0.5) is 10.3 Å². The number of nitrogens with zero attached hydrogens (tertiary/aromatic N) is 5. The van der Waals surface area contributed by atoms with E-state index in [2.05, 4.69) is 30.8 Å². The second-order valence-electron chi connectivity index (χ2n) is 5.94. The number of hydrogen-bond donors (Lipinski definition) is 0. The van der Waals surface area contributed by atoms with Crippen LogP contribution in [0, 0.1) is 5.82 Å². The maximum Gasteiger partial charge on any atom is 0.225 e. The first-order valence-electron chi connectivity index (χ1n) is 7.68. The summed E-state index contributed by atoms with van der Waals surface area (Å²) in [4.78, 5) is 17.2. The molecule has 0 aliphatic carbocycles. The SMILES string of the molecule is Fc1cnc(N2CC[C@@H]3[C@@H]2CCN3Cc2cccnc2)nc1. The Kier molecular flexibility index (Phi) is 3.46. The molecule has 2 fully saturated rings. The van der Waals surface area contributed by atoms with Crippen LogP contribution in [-0.2, 0) is 6.54 Å². The van der Waals surface area contributed by atoms with Crippen molar-refractivity contribution in [2.75, 3.05) is 18.0 Å². The Bertz CT molecular complexity index is 633. The van der Waals surface area contributed by atoms with Gasteiger partial charge in [0.05, 0.1) is 12.4 Å². The van der Waals surface area contributed by atoms with E-state index in [9.17, 15) is 4.39 Å². The van der Waals surface area contributed by atoms with Crippen molar-refractivity contribution in [3.8, 4) is 0 Å². The van der Waals surface area contributed by atoms with Gasteiger partial charge in [0, 0.05) is 44.1 Å². The molecule has 0 bridgehead atoms. The van der Waals surface area contributed by atoms with Crippen LogP contribution in [0.3, 0.4) is 0 Å². The highest BCUT2D eigenvalue weighted by Gasteiger charge is 2.43. The molecular formula is C16H18FN5. The molecule has 2 aromatic rings. The molecule has 6 heteroatoms. The average molecular weight is 299 g/mol. The van der Waals surface area contributed by atoms with Crippen LogP contribution in [0.5, 0.6) is 0 Å². The lowest BCUT2D eigenvalue weighted by Gasteiger charge is -2.25. The van der Waals surface area contributed by atoms with Crippen molar-refractivity contribution in [2.24, 2.45) is 0 Å². The second kappa shape index (κ2) is 5.61. The lowest BCUT2D eigenvalue weighted by atomic mass is 10.1. The van der Waals surface area contributed by atoms with Crippen molar-refractivity contribution in [2.45, 2.75) is 31.5 Å². The summed E-state index contributed by atoms with van der Waals surface area (Å²) in [5.41, 5.74) is 1.25. The molecule has 4 rings (SSSR count). The maximum atomic E-state index is 13.0. The summed E-state index contributed by atoms with van der Waals surface area (Å²) in [7, 11) is 0. The van der Waals surface area contributed by atoms with Gasteiger partial charge >= 0.3 is 0 Å². The lowest BCUT2D eigenvalue weighted by Crippen LogP contribution is -2.37. The summed E-state index contributed by atoms with van der Waals surface area (Å²) in [5.74, 6) is 0.265. The molecule has 0 saturated carbocycles. The first kappa shape index (κ1) is 13.6. The zero-order valence-electron chi connectivity index (χ0n) is 12.3. The highest BCUT2D eigenvalue weighted by molar-refractivity contribution is 5.35. The highest BCUT2D eigenvalue weighted by atomic mass is 19.1. The number of hydrogen-bond acceptors (Lipinski definition) is 5. The molecule has 5 nitrogen and oxygen atoms in total. The van der Waals surface area contributed by atoms with Crippen molar-refractivity contribution in [3.05, 3.63) is 48.3 Å². The third-order valence-corrected chi connectivity index (χ3v) is 4.66. The molecule has 22 heavy (non-hydrogen) atoms. The predicted octanol–water partition coefficient (Wildman–Crippen LogP) is 1.86. The Morgan fingerprint density at radius 2 is 1.91 bits per heavy atom. The van der Waals surface area contributed by atoms with Gasteiger partial charge in [-0.15, -0.1) is 0 Å². The molecular weight excluding hydrogens is 281 g/mol. The van der Waals surface area contributed by atoms with Crippen LogP contribution in [0.1, 0.15) is 18.4 Å². The van der Waals surface area contributed by atoms with E-state index >= 15 is 0 Å². The number of pyridine rings is 1. The molecule has 114 valence electrons. The predicted molar refractivity (Wildman–Crippen MR) is 80.8 cm³/mol. The molecule has 2 aliphatic heterocycles. The Morgan fingerprint density at radius 1 is 1.09 bits per heavy atom. The number of halogens is 1. The minimum absolute atomic E-state index is 0.385. The summed E-state index contributed by atoms with van der Waals surface area (Å²) in [6.07, 6.45) is 8.44. The molecule has 0 spiro atoms. The van der Waals surface area contributed by atoms with E-state index in [0.29, 0.717) is 18.0 Å². The Labute approximate surface area is 128 Å². The molecule has 0 unspecified atom stereocenters. The summed E-state index contributed by atoms with van der Waals surface area (Å²) in [6.45, 7) is 2.94. The van der Waals surface area contributed by atoms with Gasteiger partial charge in [-0.1, -0.05) is 6.07 Å². The Hall–Kier alpha value is -2.08. The zero-order valence-corrected chi connectivity index (χ0v) is 12.3. The smallest absolute Gasteiger partial charge is 0.225 e. The second-order valence-corrected chi connectivity index (χ2v) is 5.94. The van der Waals surface area contributed by atoms with Crippen molar-refractivity contribution in [1.82, 2.24) is 19.9 Å². The fourth-order valence-corrected chi connectivity index (χ4v) is 3.70. The van der Waals surface area contributed by atoms with Gasteiger partial charge in [0.1, 0.15) is 0 Å². The monoisotopic (exact) mass is 299 g/mol. The summed E-state index contributed by atoms with van der Waals surface area (Å²) < 4.78 is 13.0. The fourth-order valence-electron chi connectivity index (χ4n) is 3.70. The summed E-state index contributed by atoms with van der Waals surface area (Å²) >= 11 is 0. The topological polar surface area (TPSA) is 45.2 Å². The third-order valence-electron chi connectivity index (χ3n) is 4.66. The first-order chi connectivity index (χ1) is 10.8. The first-order valence-corrected chi connectivity index (χ1v) is 7.68. The van der Waals surface area contributed by atoms with Gasteiger partial charge in [-0.05, 0) is 24.5 Å². The van der Waals surface area contributed by atoms with Crippen molar-refractivity contribution in [3.63, 3.8) is 0 Å². The zero-order chi connectivity index (χ0) is 14.9. The van der Waals surface area contributed by atoms with E-state index < -0.39 is 0 Å². The number of aromatic nitrogens is 3. The fraction of sp³-hybridized carbons (Fsp3) is 0.438. The van der Waals surface area contributed by atoms with E-state index in [1.54, 1.807) is 6.20 Å². The number of anilines is 1. The molecule has 4 heterocycles. The van der Waals surface area contributed by atoms with Gasteiger partial charge < -0.3 is 4.90 Å². The molecule has 2 saturated heterocycles. The van der Waals surface area contributed by atoms with Crippen LogP contribution in [0.2, 0.25) is 0 Å². The Morgan fingerprint density at radius 3 is 2.68 bits per heavy atom. The molecule has 0 N–H and O–H groups in total. The van der Waals surface area contributed by atoms with E-state index in [1.807, 2.05) is 12.3 Å². The average Bonchev–Trinajstić information content (AvgIpc) is 3.13. The van der Waals surface area contributed by atoms with E-state index in [0.717, 1.165) is 32.5 Å². The number of likely N-dealkylation sites (tertiary alicyclic amines) is 1. The van der Waals surface area contributed by atoms with Crippen molar-refractivity contribution >= 4 is 5.95 Å². The van der Waals surface area contributed by atoms with Gasteiger partial charge in [0.25, 0.3) is 0 Å². The third kappa shape index (κ3) is 2.43. The Balaban J connectivity index is 1.48. The van der Waals surface area contributed by atoms with Crippen LogP contribution in [0.15, 0.2) is 36.9 Å². The highest BCUT2D eigenvalue weighted by Crippen LogP contribution is 2.34. The minimum atomic E-state index is -0.385. The molecule has 2 aromatic heterocycles. The molecule has 0 aromatic carbocycles. The number of fused-ring (bicyclic) bond motifs is 1. The standard InChI is InChI=1S/C16H18FN5/c17-13-9-19-16(20-10-13)22-7-4-14-15(22)3-6-21(14)11-12-2-1-5-18-8-12/h1-2,5,8-10,14-15H,3-4,6-7,11H2/t14-,15+/m1/s1. The van der Waals surface area contributed by atoms with E-state index in [1.165, 1.54) is 18.0 Å². The molecule has 2 aliphatic rings. The normalized spacial score (nSPS) is 24.7. The van der Waals surface area contributed by atoms with Crippen molar-refractivity contribution < 1.29 is 4.39 Å². The molecule has 2 atom stereocenters. The van der Waals surface area contributed by atoms with Gasteiger partial charge in [-0.3, -0.25) is 9.88 Å². The number of rotatable bonds is 3. The van der Waals surface area contributed by atoms with Crippen LogP contribution in [0.25, 0.3) is 0 Å². The van der Waals surface area contributed by atoms with Gasteiger partial charge in [0.2, 0.25) is 5.95 Å². The summed E-state index contributed by atoms with van der Waals surface area (Å²) in [5, 5.41) is 0. The van der Waals surface area contributed by atoms with Gasteiger partial charge in [-0.2, -0.15) is 0 Å². The van der Waals surface area contributed by atoms with Gasteiger partial charge in [-0.25, -0.2) is 14.4 Å². The van der Waals surface area contributed by atoms with Gasteiger partial charge in [0.15, 0.2) is 5.82 Å². The molecule has 0 amide bonds. The van der Waals surface area contributed by atoms with E-state index in [4.69, 9.17) is 0 Å². The van der Waals surface area contributed by atoms with E-state index in [-0.39, 0.29) is 5.82 Å². The van der Waals surface area contributed by atoms with Crippen LogP contribution in [-0.4, -0.2) is 45.0 Å².